The molecule has 1 aliphatic carbocycles. The highest BCUT2D eigenvalue weighted by Crippen LogP contribution is 2.45. The van der Waals surface area contributed by atoms with Crippen LogP contribution < -0.4 is 15.6 Å². The average molecular weight is 597 g/mol. The lowest BCUT2D eigenvalue weighted by Crippen LogP contribution is -2.43. The number of aromatic nitrogens is 4. The molecule has 0 radical (unpaired) electrons. The zero-order chi connectivity index (χ0) is 29.6. The summed E-state index contributed by atoms with van der Waals surface area (Å²) in [6.07, 6.45) is 6.48. The van der Waals surface area contributed by atoms with Crippen LogP contribution in [-0.4, -0.2) is 65.8 Å². The minimum Gasteiger partial charge on any atom is -0.339 e. The molecule has 3 aromatic heterocycles. The second-order valence-electron chi connectivity index (χ2n) is 11.6. The number of nitrogens with one attached hydrogen (secondary N) is 4. The molecule has 0 bridgehead atoms. The summed E-state index contributed by atoms with van der Waals surface area (Å²) < 4.78 is 55.6. The van der Waals surface area contributed by atoms with Gasteiger partial charge < -0.3 is 9.88 Å². The van der Waals surface area contributed by atoms with Gasteiger partial charge in [0.25, 0.3) is 0 Å². The van der Waals surface area contributed by atoms with E-state index >= 15 is 4.39 Å². The van der Waals surface area contributed by atoms with Crippen LogP contribution in [-0.2, 0) is 23.1 Å². The molecule has 42 heavy (non-hydrogen) atoms. The van der Waals surface area contributed by atoms with Crippen molar-refractivity contribution >= 4 is 21.2 Å². The molecule has 2 fully saturated rings. The number of pyridine rings is 2. The number of halogens is 2. The second-order valence-corrected chi connectivity index (χ2v) is 13.5. The molecule has 222 valence electrons. The molecule has 13 heteroatoms. The molecule has 4 aromatic rings. The molecule has 10 nitrogen and oxygen atoms in total. The first-order chi connectivity index (χ1) is 20.0. The highest BCUT2D eigenvalue weighted by Gasteiger charge is 2.47. The number of sulfonamides is 1. The number of benzene rings is 1. The summed E-state index contributed by atoms with van der Waals surface area (Å²) in [5, 5.41) is 0. The Morgan fingerprint density at radius 2 is 1.93 bits per heavy atom. The van der Waals surface area contributed by atoms with E-state index in [1.165, 1.54) is 12.1 Å². The highest BCUT2D eigenvalue weighted by molar-refractivity contribution is 7.88. The first-order valence-corrected chi connectivity index (χ1v) is 15.8. The van der Waals surface area contributed by atoms with Crippen molar-refractivity contribution in [2.45, 2.75) is 50.1 Å². The van der Waals surface area contributed by atoms with Crippen LogP contribution in [0.25, 0.3) is 22.3 Å². The Labute approximate surface area is 243 Å². The Morgan fingerprint density at radius 1 is 1.10 bits per heavy atom. The quantitative estimate of drug-likeness (QED) is 0.244. The number of alkyl halides is 1. The Hall–Kier alpha value is -3.36. The third-order valence-corrected chi connectivity index (χ3v) is 8.72. The fourth-order valence-electron chi connectivity index (χ4n) is 6.26. The third-order valence-electron chi connectivity index (χ3n) is 8.05. The van der Waals surface area contributed by atoms with Crippen LogP contribution >= 0.6 is 0 Å². The monoisotopic (exact) mass is 596 g/mol. The normalized spacial score (nSPS) is 24.4. The second kappa shape index (κ2) is 11.4. The number of hydrazine groups is 1. The SMILES string of the molecule is CN(C)Cc1cncc(C2CC(F)C3NNC(c4nc5nccc(-c6cc(F)cc(CNS(C)(=O)=O)c6)c5[nH]4)C3C2)c1. The first kappa shape index (κ1) is 28.7. The summed E-state index contributed by atoms with van der Waals surface area (Å²) in [5.41, 5.74) is 11.4. The lowest BCUT2D eigenvalue weighted by molar-refractivity contribution is 0.144. The highest BCUT2D eigenvalue weighted by atomic mass is 32.2. The van der Waals surface area contributed by atoms with Crippen molar-refractivity contribution in [1.29, 1.82) is 0 Å². The number of rotatable bonds is 8. The van der Waals surface area contributed by atoms with E-state index in [9.17, 15) is 12.8 Å². The Bertz CT molecular complexity index is 1710. The van der Waals surface area contributed by atoms with Crippen molar-refractivity contribution in [2.24, 2.45) is 5.92 Å². The summed E-state index contributed by atoms with van der Waals surface area (Å²) in [4.78, 5) is 19.1. The Kier molecular flexibility index (Phi) is 7.79. The largest absolute Gasteiger partial charge is 0.339 e. The van der Waals surface area contributed by atoms with Gasteiger partial charge in [-0.05, 0) is 79.4 Å². The predicted molar refractivity (Wildman–Crippen MR) is 156 cm³/mol. The van der Waals surface area contributed by atoms with E-state index in [4.69, 9.17) is 4.98 Å². The van der Waals surface area contributed by atoms with Crippen molar-refractivity contribution < 1.29 is 17.2 Å². The topological polar surface area (TPSA) is 128 Å². The Balaban J connectivity index is 1.29. The van der Waals surface area contributed by atoms with Gasteiger partial charge >= 0.3 is 0 Å². The number of imidazole rings is 1. The zero-order valence-electron chi connectivity index (χ0n) is 23.6. The fourth-order valence-corrected chi connectivity index (χ4v) is 6.69. The molecule has 1 aliphatic heterocycles. The molecule has 1 saturated heterocycles. The van der Waals surface area contributed by atoms with Gasteiger partial charge in [-0.25, -0.2) is 37.3 Å². The maximum atomic E-state index is 15.5. The molecule has 6 rings (SSSR count). The molecule has 5 unspecified atom stereocenters. The number of hydrogen-bond acceptors (Lipinski definition) is 8. The smallest absolute Gasteiger partial charge is 0.209 e. The first-order valence-electron chi connectivity index (χ1n) is 13.9. The molecular formula is C29H34F2N8O2S. The van der Waals surface area contributed by atoms with Crippen molar-refractivity contribution in [1.82, 2.24) is 40.4 Å². The average Bonchev–Trinajstić information content (AvgIpc) is 3.55. The predicted octanol–water partition coefficient (Wildman–Crippen LogP) is 3.32. The molecule has 1 aromatic carbocycles. The van der Waals surface area contributed by atoms with E-state index < -0.39 is 22.0 Å². The van der Waals surface area contributed by atoms with Crippen molar-refractivity contribution in [3.05, 3.63) is 77.3 Å². The van der Waals surface area contributed by atoms with Gasteiger partial charge in [-0.1, -0.05) is 6.07 Å². The van der Waals surface area contributed by atoms with Crippen LogP contribution in [0, 0.1) is 11.7 Å². The maximum Gasteiger partial charge on any atom is 0.209 e. The number of nitrogens with zero attached hydrogens (tertiary/aromatic N) is 4. The third kappa shape index (κ3) is 6.06. The van der Waals surface area contributed by atoms with Crippen LogP contribution in [0.1, 0.15) is 47.3 Å². The van der Waals surface area contributed by atoms with E-state index in [0.29, 0.717) is 40.1 Å². The van der Waals surface area contributed by atoms with Gasteiger partial charge in [-0.15, -0.1) is 0 Å². The summed E-state index contributed by atoms with van der Waals surface area (Å²) >= 11 is 0. The van der Waals surface area contributed by atoms with Gasteiger partial charge in [0.15, 0.2) is 5.65 Å². The van der Waals surface area contributed by atoms with Crippen LogP contribution in [0.15, 0.2) is 48.9 Å². The summed E-state index contributed by atoms with van der Waals surface area (Å²) in [5.74, 6) is 0.0681. The van der Waals surface area contributed by atoms with Crippen LogP contribution in [0.3, 0.4) is 0 Å². The molecular weight excluding hydrogens is 562 g/mol. The van der Waals surface area contributed by atoms with Crippen molar-refractivity contribution in [2.75, 3.05) is 20.4 Å². The number of hydrogen-bond donors (Lipinski definition) is 4. The minimum atomic E-state index is -3.44. The van der Waals surface area contributed by atoms with Gasteiger partial charge in [0, 0.05) is 43.2 Å². The molecule has 1 saturated carbocycles. The number of H-pyrrole nitrogens is 1. The lowest BCUT2D eigenvalue weighted by atomic mass is 9.72. The molecule has 0 amide bonds. The van der Waals surface area contributed by atoms with Crippen molar-refractivity contribution in [3.8, 4) is 11.1 Å². The van der Waals surface area contributed by atoms with E-state index in [2.05, 4.69) is 41.5 Å². The summed E-state index contributed by atoms with van der Waals surface area (Å²) in [6, 6.07) is 7.66. The summed E-state index contributed by atoms with van der Waals surface area (Å²) in [7, 11) is 0.574. The van der Waals surface area contributed by atoms with E-state index in [-0.39, 0.29) is 30.5 Å². The maximum absolute atomic E-state index is 15.5. The lowest BCUT2D eigenvalue weighted by Gasteiger charge is -2.35. The van der Waals surface area contributed by atoms with Gasteiger partial charge in [0.2, 0.25) is 10.0 Å². The van der Waals surface area contributed by atoms with Crippen LogP contribution in [0.5, 0.6) is 0 Å². The van der Waals surface area contributed by atoms with Crippen LogP contribution in [0.2, 0.25) is 0 Å². The minimum absolute atomic E-state index is 0.0180. The standard InChI is InChI=1S/C29H34F2N8O2S/c1-39(2)15-17-7-20(14-32-12-17)18-10-23-25(24(31)11-18)37-38-27(23)29-35-26-22(4-5-33-28(26)36-29)19-6-16(8-21(30)9-19)13-34-42(3,40)41/h4-9,12,14,18,23-25,27,34,37-38H,10-11,13,15H2,1-3H3,(H,33,35,36). The molecule has 0 spiro atoms. The van der Waals surface area contributed by atoms with Gasteiger partial charge in [0.05, 0.1) is 23.9 Å². The summed E-state index contributed by atoms with van der Waals surface area (Å²) in [6.45, 7) is 0.728. The van der Waals surface area contributed by atoms with Gasteiger partial charge in [-0.3, -0.25) is 10.4 Å². The molecule has 4 N–H and O–H groups in total. The Morgan fingerprint density at radius 3 is 2.71 bits per heavy atom. The van der Waals surface area contributed by atoms with Gasteiger partial charge in [0.1, 0.15) is 17.8 Å². The fraction of sp³-hybridized carbons (Fsp3) is 0.414. The molecule has 5 atom stereocenters. The van der Waals surface area contributed by atoms with Crippen molar-refractivity contribution in [3.63, 3.8) is 0 Å². The van der Waals surface area contributed by atoms with Crippen LogP contribution in [0.4, 0.5) is 8.78 Å². The number of aromatic amines is 1. The van der Waals surface area contributed by atoms with Gasteiger partial charge in [-0.2, -0.15) is 0 Å². The van der Waals surface area contributed by atoms with E-state index in [1.807, 2.05) is 26.5 Å². The van der Waals surface area contributed by atoms with E-state index in [0.717, 1.165) is 30.3 Å². The molecule has 4 heterocycles. The number of fused-ring (bicyclic) bond motifs is 2. The zero-order valence-corrected chi connectivity index (χ0v) is 24.4. The van der Waals surface area contributed by atoms with E-state index in [1.54, 1.807) is 18.3 Å². The molecule has 2 aliphatic rings.